The van der Waals surface area contributed by atoms with Crippen molar-refractivity contribution in [3.05, 3.63) is 75.6 Å². The molecule has 1 atom stereocenters. The SMILES string of the molecule is CCN(CC)C(CNC(=O)COc1ccc2ccc(=O)oc2c1)c1ccccc1Cl. The van der Waals surface area contributed by atoms with Gasteiger partial charge in [0.1, 0.15) is 11.3 Å². The van der Waals surface area contributed by atoms with E-state index < -0.39 is 5.63 Å². The fraction of sp³-hybridized carbons (Fsp3) is 0.304. The van der Waals surface area contributed by atoms with Gasteiger partial charge in [0.05, 0.1) is 6.04 Å². The van der Waals surface area contributed by atoms with Gasteiger partial charge >= 0.3 is 5.63 Å². The summed E-state index contributed by atoms with van der Waals surface area (Å²) in [6.45, 7) is 6.10. The van der Waals surface area contributed by atoms with E-state index in [9.17, 15) is 9.59 Å². The van der Waals surface area contributed by atoms with Crippen LogP contribution in [-0.4, -0.2) is 37.0 Å². The highest BCUT2D eigenvalue weighted by Crippen LogP contribution is 2.27. The van der Waals surface area contributed by atoms with Crippen LogP contribution in [0.25, 0.3) is 11.0 Å². The van der Waals surface area contributed by atoms with Gasteiger partial charge in [0.2, 0.25) is 0 Å². The quantitative estimate of drug-likeness (QED) is 0.521. The second-order valence-corrected chi connectivity index (χ2v) is 7.21. The summed E-state index contributed by atoms with van der Waals surface area (Å²) in [6.07, 6.45) is 0. The van der Waals surface area contributed by atoms with Gasteiger partial charge in [0.15, 0.2) is 6.61 Å². The number of nitrogens with one attached hydrogen (secondary N) is 1. The summed E-state index contributed by atoms with van der Waals surface area (Å²) in [5.74, 6) is 0.215. The molecule has 7 heteroatoms. The summed E-state index contributed by atoms with van der Waals surface area (Å²) in [4.78, 5) is 26.0. The molecule has 0 aliphatic rings. The van der Waals surface area contributed by atoms with Gasteiger partial charge in [-0.15, -0.1) is 0 Å². The highest BCUT2D eigenvalue weighted by atomic mass is 35.5. The first-order chi connectivity index (χ1) is 14.5. The van der Waals surface area contributed by atoms with Crippen LogP contribution in [0.3, 0.4) is 0 Å². The van der Waals surface area contributed by atoms with Crippen molar-refractivity contribution in [2.75, 3.05) is 26.2 Å². The van der Waals surface area contributed by atoms with Crippen LogP contribution in [0.1, 0.15) is 25.5 Å². The molecule has 0 radical (unpaired) electrons. The molecule has 3 aromatic rings. The highest BCUT2D eigenvalue weighted by molar-refractivity contribution is 6.31. The zero-order valence-corrected chi connectivity index (χ0v) is 17.8. The van der Waals surface area contributed by atoms with Gasteiger partial charge < -0.3 is 14.5 Å². The smallest absolute Gasteiger partial charge is 0.336 e. The zero-order chi connectivity index (χ0) is 21.5. The molecule has 0 saturated carbocycles. The molecule has 2 aromatic carbocycles. The van der Waals surface area contributed by atoms with E-state index in [0.29, 0.717) is 22.9 Å². The molecule has 3 rings (SSSR count). The Bertz CT molecular complexity index is 1060. The number of carbonyl (C=O) groups excluding carboxylic acids is 1. The van der Waals surface area contributed by atoms with E-state index in [4.69, 9.17) is 20.8 Å². The summed E-state index contributed by atoms with van der Waals surface area (Å²) in [5, 5.41) is 4.40. The van der Waals surface area contributed by atoms with Crippen molar-refractivity contribution >= 4 is 28.5 Å². The number of amides is 1. The molecule has 1 amide bonds. The molecule has 0 aliphatic carbocycles. The summed E-state index contributed by atoms with van der Waals surface area (Å²) in [5.41, 5.74) is 0.966. The van der Waals surface area contributed by atoms with E-state index in [1.165, 1.54) is 6.07 Å². The highest BCUT2D eigenvalue weighted by Gasteiger charge is 2.21. The minimum atomic E-state index is -0.431. The molecule has 1 heterocycles. The largest absolute Gasteiger partial charge is 0.484 e. The Balaban J connectivity index is 1.63. The fourth-order valence-electron chi connectivity index (χ4n) is 3.39. The number of carbonyl (C=O) groups is 1. The van der Waals surface area contributed by atoms with E-state index in [2.05, 4.69) is 24.1 Å². The topological polar surface area (TPSA) is 71.8 Å². The van der Waals surface area contributed by atoms with Crippen LogP contribution in [0, 0.1) is 0 Å². The number of fused-ring (bicyclic) bond motifs is 1. The van der Waals surface area contributed by atoms with E-state index in [1.807, 2.05) is 24.3 Å². The van der Waals surface area contributed by atoms with Crippen LogP contribution in [0.2, 0.25) is 5.02 Å². The molecule has 0 aliphatic heterocycles. The summed E-state index contributed by atoms with van der Waals surface area (Å²) in [6, 6.07) is 15.8. The molecular formula is C23H25ClN2O4. The summed E-state index contributed by atoms with van der Waals surface area (Å²) >= 11 is 6.40. The predicted molar refractivity (Wildman–Crippen MR) is 118 cm³/mol. The second-order valence-electron chi connectivity index (χ2n) is 6.81. The molecule has 1 unspecified atom stereocenters. The number of benzene rings is 2. The molecule has 1 aromatic heterocycles. The van der Waals surface area contributed by atoms with Crippen LogP contribution in [0.5, 0.6) is 5.75 Å². The van der Waals surface area contributed by atoms with Gasteiger partial charge in [0.25, 0.3) is 5.91 Å². The molecule has 0 bridgehead atoms. The van der Waals surface area contributed by atoms with E-state index in [0.717, 1.165) is 24.0 Å². The van der Waals surface area contributed by atoms with Gasteiger partial charge in [-0.05, 0) is 42.9 Å². The number of halogens is 1. The monoisotopic (exact) mass is 428 g/mol. The normalized spacial score (nSPS) is 12.1. The first kappa shape index (κ1) is 21.9. The van der Waals surface area contributed by atoms with Crippen LogP contribution < -0.4 is 15.7 Å². The van der Waals surface area contributed by atoms with Crippen molar-refractivity contribution in [1.29, 1.82) is 0 Å². The van der Waals surface area contributed by atoms with Crippen molar-refractivity contribution in [3.8, 4) is 5.75 Å². The Hall–Kier alpha value is -2.83. The third-order valence-electron chi connectivity index (χ3n) is 4.97. The molecule has 30 heavy (non-hydrogen) atoms. The molecule has 0 saturated heterocycles. The Morgan fingerprint density at radius 1 is 1.13 bits per heavy atom. The predicted octanol–water partition coefficient (Wildman–Crippen LogP) is 4.02. The first-order valence-electron chi connectivity index (χ1n) is 9.93. The van der Waals surface area contributed by atoms with E-state index in [1.54, 1.807) is 24.3 Å². The van der Waals surface area contributed by atoms with Crippen LogP contribution >= 0.6 is 11.6 Å². The van der Waals surface area contributed by atoms with E-state index >= 15 is 0 Å². The van der Waals surface area contributed by atoms with Gasteiger partial charge in [0, 0.05) is 29.1 Å². The Labute approximate surface area is 180 Å². The number of rotatable bonds is 9. The lowest BCUT2D eigenvalue weighted by Gasteiger charge is -2.30. The average molecular weight is 429 g/mol. The van der Waals surface area contributed by atoms with E-state index in [-0.39, 0.29) is 18.6 Å². The number of likely N-dealkylation sites (N-methyl/N-ethyl adjacent to an activating group) is 1. The molecule has 0 fully saturated rings. The molecule has 0 spiro atoms. The first-order valence-corrected chi connectivity index (χ1v) is 10.3. The average Bonchev–Trinajstić information content (AvgIpc) is 2.75. The lowest BCUT2D eigenvalue weighted by Crippen LogP contribution is -2.39. The second kappa shape index (κ2) is 10.3. The maximum Gasteiger partial charge on any atom is 0.336 e. The van der Waals surface area contributed by atoms with Gasteiger partial charge in [-0.3, -0.25) is 9.69 Å². The Kier molecular flexibility index (Phi) is 7.49. The Morgan fingerprint density at radius 3 is 2.60 bits per heavy atom. The van der Waals surface area contributed by atoms with Crippen LogP contribution in [-0.2, 0) is 4.79 Å². The maximum absolute atomic E-state index is 12.4. The summed E-state index contributed by atoms with van der Waals surface area (Å²) in [7, 11) is 0. The van der Waals surface area contributed by atoms with Crippen LogP contribution in [0.4, 0.5) is 0 Å². The fourth-order valence-corrected chi connectivity index (χ4v) is 3.65. The van der Waals surface area contributed by atoms with Crippen molar-refractivity contribution in [2.24, 2.45) is 0 Å². The van der Waals surface area contributed by atoms with Crippen molar-refractivity contribution < 1.29 is 13.9 Å². The van der Waals surface area contributed by atoms with Crippen molar-refractivity contribution in [3.63, 3.8) is 0 Å². The lowest BCUT2D eigenvalue weighted by atomic mass is 10.0. The van der Waals surface area contributed by atoms with Gasteiger partial charge in [-0.2, -0.15) is 0 Å². The molecule has 158 valence electrons. The van der Waals surface area contributed by atoms with Gasteiger partial charge in [-0.1, -0.05) is 43.6 Å². The molecule has 6 nitrogen and oxygen atoms in total. The van der Waals surface area contributed by atoms with Crippen molar-refractivity contribution in [2.45, 2.75) is 19.9 Å². The maximum atomic E-state index is 12.4. The third kappa shape index (κ3) is 5.40. The number of hydrogen-bond acceptors (Lipinski definition) is 5. The molecule has 1 N–H and O–H groups in total. The molecular weight excluding hydrogens is 404 g/mol. The lowest BCUT2D eigenvalue weighted by molar-refractivity contribution is -0.123. The minimum Gasteiger partial charge on any atom is -0.484 e. The van der Waals surface area contributed by atoms with Crippen molar-refractivity contribution in [1.82, 2.24) is 10.2 Å². The number of hydrogen-bond donors (Lipinski definition) is 1. The Morgan fingerprint density at radius 2 is 1.87 bits per heavy atom. The standard InChI is InChI=1S/C23H25ClN2O4/c1-3-26(4-2)20(18-7-5-6-8-19(18)24)14-25-22(27)15-29-17-11-9-16-10-12-23(28)30-21(16)13-17/h5-13,20H,3-4,14-15H2,1-2H3,(H,25,27). The number of nitrogens with zero attached hydrogens (tertiary/aromatic N) is 1. The van der Waals surface area contributed by atoms with Gasteiger partial charge in [-0.25, -0.2) is 4.79 Å². The third-order valence-corrected chi connectivity index (χ3v) is 5.32. The number of ether oxygens (including phenoxy) is 1. The van der Waals surface area contributed by atoms with Crippen LogP contribution in [0.15, 0.2) is 63.8 Å². The summed E-state index contributed by atoms with van der Waals surface area (Å²) < 4.78 is 10.7. The minimum absolute atomic E-state index is 0.0346. The zero-order valence-electron chi connectivity index (χ0n) is 17.1.